The van der Waals surface area contributed by atoms with E-state index in [4.69, 9.17) is 4.42 Å². The van der Waals surface area contributed by atoms with Crippen molar-refractivity contribution < 1.29 is 9.21 Å². The monoisotopic (exact) mass is 475 g/mol. The van der Waals surface area contributed by atoms with Gasteiger partial charge in [0.2, 0.25) is 11.7 Å². The van der Waals surface area contributed by atoms with Gasteiger partial charge in [0.15, 0.2) is 10.9 Å². The maximum Gasteiger partial charge on any atom is 0.230 e. The number of furan rings is 1. The topological polar surface area (TPSA) is 76.2 Å². The van der Waals surface area contributed by atoms with Gasteiger partial charge in [0.1, 0.15) is 0 Å². The number of thioether (sulfide) groups is 1. The number of aryl methyl sites for hydroxylation is 1. The van der Waals surface area contributed by atoms with Gasteiger partial charge in [0, 0.05) is 25.3 Å². The number of aromatic nitrogens is 3. The zero-order chi connectivity index (χ0) is 23.8. The minimum atomic E-state index is -0.0286. The van der Waals surface area contributed by atoms with Gasteiger partial charge in [-0.05, 0) is 49.2 Å². The minimum Gasteiger partial charge on any atom is -0.461 e. The fourth-order valence-electron chi connectivity index (χ4n) is 3.70. The van der Waals surface area contributed by atoms with Gasteiger partial charge in [-0.1, -0.05) is 54.2 Å². The summed E-state index contributed by atoms with van der Waals surface area (Å²) >= 11 is 1.38. The number of benzene rings is 2. The summed E-state index contributed by atoms with van der Waals surface area (Å²) in [6.45, 7) is 7.01. The fourth-order valence-corrected chi connectivity index (χ4v) is 4.47. The molecule has 0 aliphatic carbocycles. The van der Waals surface area contributed by atoms with Gasteiger partial charge in [-0.2, -0.15) is 0 Å². The summed E-state index contributed by atoms with van der Waals surface area (Å²) in [4.78, 5) is 14.8. The van der Waals surface area contributed by atoms with Crippen LogP contribution < -0.4 is 10.2 Å². The Morgan fingerprint density at radius 3 is 2.68 bits per heavy atom. The summed E-state index contributed by atoms with van der Waals surface area (Å²) in [5.41, 5.74) is 3.52. The van der Waals surface area contributed by atoms with E-state index in [1.165, 1.54) is 23.0 Å². The molecule has 0 spiro atoms. The first-order valence-electron chi connectivity index (χ1n) is 11.4. The van der Waals surface area contributed by atoms with Crippen LogP contribution in [0, 0.1) is 6.92 Å². The number of likely N-dealkylation sites (N-methyl/N-ethyl adjacent to an activating group) is 1. The number of anilines is 1. The van der Waals surface area contributed by atoms with E-state index < -0.39 is 0 Å². The van der Waals surface area contributed by atoms with Crippen molar-refractivity contribution in [1.29, 1.82) is 0 Å². The van der Waals surface area contributed by atoms with Crippen LogP contribution in [-0.4, -0.2) is 46.1 Å². The second-order valence-corrected chi connectivity index (χ2v) is 8.86. The van der Waals surface area contributed by atoms with Gasteiger partial charge in [-0.3, -0.25) is 9.36 Å². The quantitative estimate of drug-likeness (QED) is 0.319. The number of carbonyl (C=O) groups excluding carboxylic acids is 1. The molecule has 0 saturated carbocycles. The van der Waals surface area contributed by atoms with E-state index >= 15 is 0 Å². The Morgan fingerprint density at radius 1 is 1.09 bits per heavy atom. The molecule has 0 fully saturated rings. The molecule has 8 heteroatoms. The molecule has 0 aliphatic heterocycles. The molecule has 0 aliphatic rings. The van der Waals surface area contributed by atoms with E-state index in [9.17, 15) is 4.79 Å². The number of rotatable bonds is 11. The van der Waals surface area contributed by atoms with Crippen molar-refractivity contribution >= 4 is 23.4 Å². The predicted octanol–water partition coefficient (Wildman–Crippen LogP) is 4.63. The van der Waals surface area contributed by atoms with Gasteiger partial charge in [-0.15, -0.1) is 10.2 Å². The van der Waals surface area contributed by atoms with Crippen molar-refractivity contribution in [1.82, 2.24) is 20.1 Å². The van der Waals surface area contributed by atoms with Crippen molar-refractivity contribution in [3.63, 3.8) is 0 Å². The first-order chi connectivity index (χ1) is 16.6. The lowest BCUT2D eigenvalue weighted by molar-refractivity contribution is -0.118. The molecule has 1 N–H and O–H groups in total. The molecule has 0 saturated heterocycles. The molecule has 2 aromatic carbocycles. The van der Waals surface area contributed by atoms with Crippen LogP contribution in [0.15, 0.2) is 82.6 Å². The largest absolute Gasteiger partial charge is 0.461 e. The first kappa shape index (κ1) is 23.6. The van der Waals surface area contributed by atoms with Crippen LogP contribution in [-0.2, 0) is 11.3 Å². The van der Waals surface area contributed by atoms with Crippen LogP contribution in [0.1, 0.15) is 18.1 Å². The van der Waals surface area contributed by atoms with E-state index in [2.05, 4.69) is 70.7 Å². The third kappa shape index (κ3) is 6.08. The van der Waals surface area contributed by atoms with Gasteiger partial charge < -0.3 is 14.6 Å². The van der Waals surface area contributed by atoms with Crippen LogP contribution in [0.25, 0.3) is 11.6 Å². The highest BCUT2D eigenvalue weighted by molar-refractivity contribution is 7.99. The third-order valence-electron chi connectivity index (χ3n) is 5.43. The van der Waals surface area contributed by atoms with Crippen LogP contribution in [0.3, 0.4) is 0 Å². The summed E-state index contributed by atoms with van der Waals surface area (Å²) in [5.74, 6) is 1.53. The summed E-state index contributed by atoms with van der Waals surface area (Å²) < 4.78 is 7.54. The maximum atomic E-state index is 12.6. The summed E-state index contributed by atoms with van der Waals surface area (Å²) in [7, 11) is 0. The Hall–Kier alpha value is -3.52. The van der Waals surface area contributed by atoms with E-state index in [1.54, 1.807) is 6.26 Å². The highest BCUT2D eigenvalue weighted by Gasteiger charge is 2.18. The van der Waals surface area contributed by atoms with Crippen molar-refractivity contribution in [2.75, 3.05) is 30.3 Å². The summed E-state index contributed by atoms with van der Waals surface area (Å²) in [6.07, 6.45) is 1.62. The number of nitrogens with one attached hydrogen (secondary N) is 1. The highest BCUT2D eigenvalue weighted by atomic mass is 32.2. The normalized spacial score (nSPS) is 10.9. The summed E-state index contributed by atoms with van der Waals surface area (Å²) in [5, 5.41) is 12.4. The highest BCUT2D eigenvalue weighted by Crippen LogP contribution is 2.25. The lowest BCUT2D eigenvalue weighted by Crippen LogP contribution is -2.35. The standard InChI is InChI=1S/C26H29N5O2S/c1-3-30(22-12-7-9-20(2)17-22)15-14-27-24(32)19-34-26-29-28-25(23-13-8-16-33-23)31(26)18-21-10-5-4-6-11-21/h4-13,16-17H,3,14-15,18-19H2,1-2H3,(H,27,32). The Morgan fingerprint density at radius 2 is 1.94 bits per heavy atom. The van der Waals surface area contributed by atoms with E-state index in [1.807, 2.05) is 34.9 Å². The molecule has 1 amide bonds. The van der Waals surface area contributed by atoms with Crippen LogP contribution in [0.4, 0.5) is 5.69 Å². The number of amides is 1. The molecule has 4 rings (SSSR count). The number of carbonyl (C=O) groups is 1. The number of nitrogens with zero attached hydrogens (tertiary/aromatic N) is 4. The van der Waals surface area contributed by atoms with Crippen molar-refractivity contribution in [2.24, 2.45) is 0 Å². The van der Waals surface area contributed by atoms with Crippen molar-refractivity contribution in [3.05, 3.63) is 84.1 Å². The molecule has 0 atom stereocenters. The van der Waals surface area contributed by atoms with Crippen LogP contribution >= 0.6 is 11.8 Å². The Bertz CT molecular complexity index is 1190. The van der Waals surface area contributed by atoms with Crippen molar-refractivity contribution in [3.8, 4) is 11.6 Å². The Labute approximate surface area is 204 Å². The second kappa shape index (κ2) is 11.6. The lowest BCUT2D eigenvalue weighted by Gasteiger charge is -2.23. The molecule has 0 radical (unpaired) electrons. The van der Waals surface area contributed by atoms with E-state index in [0.717, 1.165) is 18.7 Å². The zero-order valence-corrected chi connectivity index (χ0v) is 20.3. The zero-order valence-electron chi connectivity index (χ0n) is 19.5. The van der Waals surface area contributed by atoms with Crippen molar-refractivity contribution in [2.45, 2.75) is 25.5 Å². The predicted molar refractivity (Wildman–Crippen MR) is 136 cm³/mol. The maximum absolute atomic E-state index is 12.6. The fraction of sp³-hybridized carbons (Fsp3) is 0.269. The smallest absolute Gasteiger partial charge is 0.230 e. The van der Waals surface area contributed by atoms with Gasteiger partial charge in [0.25, 0.3) is 0 Å². The molecule has 176 valence electrons. The molecule has 0 bridgehead atoms. The van der Waals surface area contributed by atoms with E-state index in [0.29, 0.717) is 29.8 Å². The summed E-state index contributed by atoms with van der Waals surface area (Å²) in [6, 6.07) is 22.2. The SMILES string of the molecule is CCN(CCNC(=O)CSc1nnc(-c2ccco2)n1Cc1ccccc1)c1cccc(C)c1. The number of hydrogen-bond donors (Lipinski definition) is 1. The third-order valence-corrected chi connectivity index (χ3v) is 6.39. The van der Waals surface area contributed by atoms with Gasteiger partial charge >= 0.3 is 0 Å². The lowest BCUT2D eigenvalue weighted by atomic mass is 10.2. The van der Waals surface area contributed by atoms with Gasteiger partial charge in [0.05, 0.1) is 18.6 Å². The average molecular weight is 476 g/mol. The van der Waals surface area contributed by atoms with E-state index in [-0.39, 0.29) is 11.7 Å². The molecule has 0 unspecified atom stereocenters. The molecule has 7 nitrogen and oxygen atoms in total. The molecule has 2 aromatic heterocycles. The molecule has 2 heterocycles. The molecule has 4 aromatic rings. The van der Waals surface area contributed by atoms with Gasteiger partial charge in [-0.25, -0.2) is 0 Å². The Kier molecular flexibility index (Phi) is 8.04. The Balaban J connectivity index is 1.36. The minimum absolute atomic E-state index is 0.0286. The van der Waals surface area contributed by atoms with Crippen LogP contribution in [0.2, 0.25) is 0 Å². The molecular weight excluding hydrogens is 446 g/mol. The number of hydrogen-bond acceptors (Lipinski definition) is 6. The molecular formula is C26H29N5O2S. The van der Waals surface area contributed by atoms with Crippen LogP contribution in [0.5, 0.6) is 0 Å². The first-order valence-corrected chi connectivity index (χ1v) is 12.3. The second-order valence-electron chi connectivity index (χ2n) is 7.91. The molecule has 34 heavy (non-hydrogen) atoms. The average Bonchev–Trinajstić information content (AvgIpc) is 3.51.